The van der Waals surface area contributed by atoms with Crippen molar-refractivity contribution in [3.63, 3.8) is 0 Å². The van der Waals surface area contributed by atoms with Gasteiger partial charge in [-0.1, -0.05) is 30.3 Å². The third-order valence-electron chi connectivity index (χ3n) is 4.07. The minimum atomic E-state index is -0.0165. The summed E-state index contributed by atoms with van der Waals surface area (Å²) in [5.41, 5.74) is 1.78. The van der Waals surface area contributed by atoms with Gasteiger partial charge >= 0.3 is 0 Å². The highest BCUT2D eigenvalue weighted by Crippen LogP contribution is 2.35. The van der Waals surface area contributed by atoms with Crippen LogP contribution in [0, 0.1) is 0 Å². The Bertz CT molecular complexity index is 354. The SMILES string of the molecule is COC(C)(C)CCC1(c2ccccc2)CNC1. The molecule has 1 heterocycles. The van der Waals surface area contributed by atoms with E-state index in [4.69, 9.17) is 4.74 Å². The molecule has 94 valence electrons. The molecule has 1 aromatic rings. The van der Waals surface area contributed by atoms with E-state index in [-0.39, 0.29) is 5.60 Å². The van der Waals surface area contributed by atoms with Gasteiger partial charge in [0, 0.05) is 25.6 Å². The van der Waals surface area contributed by atoms with Crippen LogP contribution in [0.4, 0.5) is 0 Å². The summed E-state index contributed by atoms with van der Waals surface area (Å²) in [6, 6.07) is 10.9. The van der Waals surface area contributed by atoms with Crippen LogP contribution < -0.4 is 5.32 Å². The number of benzene rings is 1. The lowest BCUT2D eigenvalue weighted by atomic mass is 9.70. The molecule has 1 N–H and O–H groups in total. The second kappa shape index (κ2) is 4.79. The van der Waals surface area contributed by atoms with Crippen LogP contribution in [-0.2, 0) is 10.2 Å². The van der Waals surface area contributed by atoms with E-state index >= 15 is 0 Å². The molecule has 0 saturated carbocycles. The first-order valence-electron chi connectivity index (χ1n) is 6.39. The fraction of sp³-hybridized carbons (Fsp3) is 0.600. The first-order valence-corrected chi connectivity index (χ1v) is 6.39. The Morgan fingerprint density at radius 2 is 1.88 bits per heavy atom. The highest BCUT2D eigenvalue weighted by atomic mass is 16.5. The van der Waals surface area contributed by atoms with E-state index in [9.17, 15) is 0 Å². The molecular formula is C15H23NO. The molecule has 17 heavy (non-hydrogen) atoms. The fourth-order valence-corrected chi connectivity index (χ4v) is 2.39. The van der Waals surface area contributed by atoms with E-state index in [1.165, 1.54) is 12.0 Å². The molecule has 1 fully saturated rings. The average Bonchev–Trinajstić information content (AvgIpc) is 2.29. The van der Waals surface area contributed by atoms with Crippen LogP contribution in [0.2, 0.25) is 0 Å². The van der Waals surface area contributed by atoms with Gasteiger partial charge in [0.15, 0.2) is 0 Å². The number of hydrogen-bond donors (Lipinski definition) is 1. The predicted molar refractivity (Wildman–Crippen MR) is 71.3 cm³/mol. The van der Waals surface area contributed by atoms with Gasteiger partial charge in [0.2, 0.25) is 0 Å². The van der Waals surface area contributed by atoms with Crippen LogP contribution in [-0.4, -0.2) is 25.8 Å². The van der Waals surface area contributed by atoms with Gasteiger partial charge in [-0.05, 0) is 32.3 Å². The molecule has 0 aromatic heterocycles. The Morgan fingerprint density at radius 3 is 2.35 bits per heavy atom. The number of rotatable bonds is 5. The third-order valence-corrected chi connectivity index (χ3v) is 4.07. The van der Waals surface area contributed by atoms with Crippen LogP contribution in [0.3, 0.4) is 0 Å². The van der Waals surface area contributed by atoms with Crippen molar-refractivity contribution in [2.75, 3.05) is 20.2 Å². The van der Waals surface area contributed by atoms with Gasteiger partial charge in [-0.2, -0.15) is 0 Å². The molecule has 0 amide bonds. The summed E-state index contributed by atoms with van der Waals surface area (Å²) in [5, 5.41) is 3.41. The van der Waals surface area contributed by atoms with Crippen LogP contribution in [0.5, 0.6) is 0 Å². The molecule has 1 aliphatic rings. The zero-order valence-corrected chi connectivity index (χ0v) is 11.1. The lowest BCUT2D eigenvalue weighted by Gasteiger charge is -2.45. The molecule has 2 heteroatoms. The predicted octanol–water partition coefficient (Wildman–Crippen LogP) is 2.73. The Balaban J connectivity index is 2.06. The van der Waals surface area contributed by atoms with Crippen molar-refractivity contribution in [2.24, 2.45) is 0 Å². The number of methoxy groups -OCH3 is 1. The van der Waals surface area contributed by atoms with Gasteiger partial charge in [-0.3, -0.25) is 0 Å². The second-order valence-corrected chi connectivity index (χ2v) is 5.71. The standard InChI is InChI=1S/C15H23NO/c1-14(2,17-3)9-10-15(11-16-12-15)13-7-5-4-6-8-13/h4-8,16H,9-12H2,1-3H3. The second-order valence-electron chi connectivity index (χ2n) is 5.71. The molecule has 0 aliphatic carbocycles. The summed E-state index contributed by atoms with van der Waals surface area (Å²) >= 11 is 0. The molecule has 1 aliphatic heterocycles. The molecule has 0 unspecified atom stereocenters. The quantitative estimate of drug-likeness (QED) is 0.844. The van der Waals surface area contributed by atoms with Crippen molar-refractivity contribution in [3.05, 3.63) is 35.9 Å². The molecule has 2 nitrogen and oxygen atoms in total. The summed E-state index contributed by atoms with van der Waals surface area (Å²) in [5.74, 6) is 0. The molecule has 1 aromatic carbocycles. The van der Waals surface area contributed by atoms with Gasteiger partial charge in [0.05, 0.1) is 5.60 Å². The van der Waals surface area contributed by atoms with Crippen LogP contribution >= 0.6 is 0 Å². The molecule has 0 bridgehead atoms. The molecular weight excluding hydrogens is 210 g/mol. The fourth-order valence-electron chi connectivity index (χ4n) is 2.39. The van der Waals surface area contributed by atoms with Crippen molar-refractivity contribution in [2.45, 2.75) is 37.7 Å². The summed E-state index contributed by atoms with van der Waals surface area (Å²) in [4.78, 5) is 0. The van der Waals surface area contributed by atoms with E-state index in [0.717, 1.165) is 19.5 Å². The summed E-state index contributed by atoms with van der Waals surface area (Å²) in [7, 11) is 1.80. The van der Waals surface area contributed by atoms with E-state index in [0.29, 0.717) is 5.41 Å². The first kappa shape index (κ1) is 12.6. The topological polar surface area (TPSA) is 21.3 Å². The van der Waals surface area contributed by atoms with Crippen molar-refractivity contribution < 1.29 is 4.74 Å². The zero-order chi connectivity index (χ0) is 12.4. The Kier molecular flexibility index (Phi) is 3.55. The Morgan fingerprint density at radius 1 is 1.24 bits per heavy atom. The number of nitrogens with one attached hydrogen (secondary N) is 1. The smallest absolute Gasteiger partial charge is 0.0623 e. The third kappa shape index (κ3) is 2.70. The normalized spacial score (nSPS) is 18.8. The average molecular weight is 233 g/mol. The minimum Gasteiger partial charge on any atom is -0.379 e. The largest absolute Gasteiger partial charge is 0.379 e. The van der Waals surface area contributed by atoms with Crippen molar-refractivity contribution in [1.29, 1.82) is 0 Å². The summed E-state index contributed by atoms with van der Waals surface area (Å²) < 4.78 is 5.52. The van der Waals surface area contributed by atoms with Crippen LogP contribution in [0.1, 0.15) is 32.3 Å². The maximum atomic E-state index is 5.52. The number of hydrogen-bond acceptors (Lipinski definition) is 2. The monoisotopic (exact) mass is 233 g/mol. The van der Waals surface area contributed by atoms with Gasteiger partial charge in [-0.25, -0.2) is 0 Å². The molecule has 0 spiro atoms. The Hall–Kier alpha value is -0.860. The van der Waals surface area contributed by atoms with Crippen molar-refractivity contribution >= 4 is 0 Å². The van der Waals surface area contributed by atoms with Gasteiger partial charge in [0.1, 0.15) is 0 Å². The van der Waals surface area contributed by atoms with Crippen molar-refractivity contribution in [3.8, 4) is 0 Å². The van der Waals surface area contributed by atoms with Crippen molar-refractivity contribution in [1.82, 2.24) is 5.32 Å². The number of ether oxygens (including phenoxy) is 1. The van der Waals surface area contributed by atoms with Crippen LogP contribution in [0.15, 0.2) is 30.3 Å². The van der Waals surface area contributed by atoms with E-state index in [1.807, 2.05) is 0 Å². The van der Waals surface area contributed by atoms with Gasteiger partial charge in [-0.15, -0.1) is 0 Å². The van der Waals surface area contributed by atoms with Crippen LogP contribution in [0.25, 0.3) is 0 Å². The lowest BCUT2D eigenvalue weighted by Crippen LogP contribution is -2.57. The highest BCUT2D eigenvalue weighted by Gasteiger charge is 2.39. The van der Waals surface area contributed by atoms with Gasteiger partial charge in [0.25, 0.3) is 0 Å². The zero-order valence-electron chi connectivity index (χ0n) is 11.1. The molecule has 0 radical (unpaired) electrons. The highest BCUT2D eigenvalue weighted by molar-refractivity contribution is 5.29. The minimum absolute atomic E-state index is 0.0165. The summed E-state index contributed by atoms with van der Waals surface area (Å²) in [6.45, 7) is 6.52. The maximum absolute atomic E-state index is 5.52. The van der Waals surface area contributed by atoms with E-state index in [2.05, 4.69) is 49.5 Å². The first-order chi connectivity index (χ1) is 8.08. The van der Waals surface area contributed by atoms with E-state index < -0.39 is 0 Å². The Labute approximate surface area is 104 Å². The molecule has 1 saturated heterocycles. The lowest BCUT2D eigenvalue weighted by molar-refractivity contribution is 0.00566. The molecule has 2 rings (SSSR count). The summed E-state index contributed by atoms with van der Waals surface area (Å²) in [6.07, 6.45) is 2.28. The van der Waals surface area contributed by atoms with E-state index in [1.54, 1.807) is 7.11 Å². The van der Waals surface area contributed by atoms with Gasteiger partial charge < -0.3 is 10.1 Å². The molecule has 0 atom stereocenters. The maximum Gasteiger partial charge on any atom is 0.0623 e.